The minimum atomic E-state index is -0.705. The molecule has 0 saturated heterocycles. The zero-order valence-electron chi connectivity index (χ0n) is 19.0. The Hall–Kier alpha value is -3.74. The van der Waals surface area contributed by atoms with Crippen LogP contribution in [0, 0.1) is 5.92 Å². The van der Waals surface area contributed by atoms with Crippen LogP contribution in [0.5, 0.6) is 0 Å². The average Bonchev–Trinajstić information content (AvgIpc) is 2.89. The monoisotopic (exact) mass is 456 g/mol. The average molecular weight is 457 g/mol. The van der Waals surface area contributed by atoms with Crippen molar-refractivity contribution in [3.63, 3.8) is 0 Å². The molecular weight excluding hydrogens is 428 g/mol. The molecule has 0 unspecified atom stereocenters. The van der Waals surface area contributed by atoms with E-state index < -0.39 is 5.97 Å². The summed E-state index contributed by atoms with van der Waals surface area (Å²) in [6, 6.07) is 18.1. The van der Waals surface area contributed by atoms with E-state index in [0.717, 1.165) is 41.0 Å². The summed E-state index contributed by atoms with van der Waals surface area (Å²) in [7, 11) is 0. The number of rotatable bonds is 5. The van der Waals surface area contributed by atoms with Gasteiger partial charge in [0.1, 0.15) is 12.1 Å². The molecule has 7 heteroatoms. The van der Waals surface area contributed by atoms with Crippen molar-refractivity contribution in [3.8, 4) is 11.1 Å². The SMILES string of the molecule is O=C(c1ccc(-c2ccccc2)cc1)N1CCc2ncnc(N[C@H]3CC[C@@H](C(=O)O)CC3)c2C1. The molecule has 2 aliphatic rings. The molecule has 3 aromatic rings. The van der Waals surface area contributed by atoms with Gasteiger partial charge in [-0.3, -0.25) is 9.59 Å². The molecule has 1 aliphatic heterocycles. The van der Waals surface area contributed by atoms with Gasteiger partial charge < -0.3 is 15.3 Å². The van der Waals surface area contributed by atoms with Crippen LogP contribution in [0.25, 0.3) is 11.1 Å². The van der Waals surface area contributed by atoms with E-state index in [9.17, 15) is 14.7 Å². The lowest BCUT2D eigenvalue weighted by atomic mass is 9.86. The fourth-order valence-corrected chi connectivity index (χ4v) is 4.94. The molecule has 34 heavy (non-hydrogen) atoms. The molecule has 0 atom stereocenters. The zero-order chi connectivity index (χ0) is 23.5. The number of carboxylic acids is 1. The third kappa shape index (κ3) is 4.64. The maximum absolute atomic E-state index is 13.3. The molecule has 1 aliphatic carbocycles. The Morgan fingerprint density at radius 2 is 1.62 bits per heavy atom. The highest BCUT2D eigenvalue weighted by Gasteiger charge is 2.29. The molecule has 5 rings (SSSR count). The number of aromatic nitrogens is 2. The van der Waals surface area contributed by atoms with E-state index in [4.69, 9.17) is 0 Å². The third-order valence-corrected chi connectivity index (χ3v) is 6.95. The van der Waals surface area contributed by atoms with Crippen LogP contribution in [0.3, 0.4) is 0 Å². The predicted octanol–water partition coefficient (Wildman–Crippen LogP) is 4.40. The van der Waals surface area contributed by atoms with Crippen LogP contribution in [-0.4, -0.2) is 44.4 Å². The van der Waals surface area contributed by atoms with Crippen LogP contribution in [0.2, 0.25) is 0 Å². The van der Waals surface area contributed by atoms with Crippen molar-refractivity contribution in [1.29, 1.82) is 0 Å². The van der Waals surface area contributed by atoms with Gasteiger partial charge in [0, 0.05) is 30.1 Å². The Balaban J connectivity index is 1.28. The first-order valence-corrected chi connectivity index (χ1v) is 11.9. The molecule has 1 aromatic heterocycles. The lowest BCUT2D eigenvalue weighted by molar-refractivity contribution is -0.142. The van der Waals surface area contributed by atoms with Gasteiger partial charge in [-0.05, 0) is 48.9 Å². The maximum atomic E-state index is 13.3. The van der Waals surface area contributed by atoms with Crippen molar-refractivity contribution < 1.29 is 14.7 Å². The molecule has 1 amide bonds. The summed E-state index contributed by atoms with van der Waals surface area (Å²) >= 11 is 0. The van der Waals surface area contributed by atoms with E-state index in [-0.39, 0.29) is 17.9 Å². The fourth-order valence-electron chi connectivity index (χ4n) is 4.94. The van der Waals surface area contributed by atoms with Gasteiger partial charge in [0.05, 0.1) is 18.2 Å². The molecule has 7 nitrogen and oxygen atoms in total. The molecular formula is C27H28N4O3. The zero-order valence-corrected chi connectivity index (χ0v) is 19.0. The van der Waals surface area contributed by atoms with Gasteiger partial charge in [-0.2, -0.15) is 0 Å². The number of benzene rings is 2. The van der Waals surface area contributed by atoms with Crippen molar-refractivity contribution in [2.75, 3.05) is 11.9 Å². The van der Waals surface area contributed by atoms with E-state index in [1.54, 1.807) is 6.33 Å². The number of aliphatic carboxylic acids is 1. The number of carboxylic acid groups (broad SMARTS) is 1. The first kappa shape index (κ1) is 22.1. The molecule has 1 saturated carbocycles. The van der Waals surface area contributed by atoms with Crippen molar-refractivity contribution in [2.24, 2.45) is 5.92 Å². The molecule has 1 fully saturated rings. The minimum absolute atomic E-state index is 0.00188. The Morgan fingerprint density at radius 1 is 0.912 bits per heavy atom. The van der Waals surface area contributed by atoms with Crippen molar-refractivity contribution in [1.82, 2.24) is 14.9 Å². The van der Waals surface area contributed by atoms with E-state index in [0.29, 0.717) is 37.9 Å². The summed E-state index contributed by atoms with van der Waals surface area (Å²) in [5.74, 6) is -0.190. The van der Waals surface area contributed by atoms with Gasteiger partial charge in [-0.25, -0.2) is 9.97 Å². The molecule has 0 radical (unpaired) electrons. The van der Waals surface area contributed by atoms with E-state index in [2.05, 4.69) is 27.4 Å². The normalized spacial score (nSPS) is 19.8. The van der Waals surface area contributed by atoms with Crippen LogP contribution in [0.1, 0.15) is 47.3 Å². The van der Waals surface area contributed by atoms with E-state index in [1.165, 1.54) is 0 Å². The lowest BCUT2D eigenvalue weighted by Gasteiger charge is -2.32. The number of nitrogens with one attached hydrogen (secondary N) is 1. The summed E-state index contributed by atoms with van der Waals surface area (Å²) in [6.07, 6.45) is 5.20. The first-order chi connectivity index (χ1) is 16.6. The van der Waals surface area contributed by atoms with Gasteiger partial charge in [-0.15, -0.1) is 0 Å². The number of hydrogen-bond acceptors (Lipinski definition) is 5. The van der Waals surface area contributed by atoms with Crippen molar-refractivity contribution >= 4 is 17.7 Å². The largest absolute Gasteiger partial charge is 0.481 e. The number of carbonyl (C=O) groups excluding carboxylic acids is 1. The smallest absolute Gasteiger partial charge is 0.306 e. The highest BCUT2D eigenvalue weighted by molar-refractivity contribution is 5.95. The number of nitrogens with zero attached hydrogens (tertiary/aromatic N) is 3. The quantitative estimate of drug-likeness (QED) is 0.591. The maximum Gasteiger partial charge on any atom is 0.306 e. The van der Waals surface area contributed by atoms with Crippen LogP contribution >= 0.6 is 0 Å². The number of hydrogen-bond donors (Lipinski definition) is 2. The van der Waals surface area contributed by atoms with Crippen LogP contribution < -0.4 is 5.32 Å². The molecule has 0 bridgehead atoms. The lowest BCUT2D eigenvalue weighted by Crippen LogP contribution is -2.37. The Labute approximate surface area is 198 Å². The topological polar surface area (TPSA) is 95.4 Å². The van der Waals surface area contributed by atoms with Crippen LogP contribution in [-0.2, 0) is 17.8 Å². The molecule has 2 N–H and O–H groups in total. The summed E-state index contributed by atoms with van der Waals surface area (Å²) in [5, 5.41) is 12.8. The second-order valence-corrected chi connectivity index (χ2v) is 9.10. The van der Waals surface area contributed by atoms with Gasteiger partial charge in [0.15, 0.2) is 0 Å². The minimum Gasteiger partial charge on any atom is -0.481 e. The van der Waals surface area contributed by atoms with Gasteiger partial charge >= 0.3 is 5.97 Å². The molecule has 2 heterocycles. The molecule has 2 aromatic carbocycles. The summed E-state index contributed by atoms with van der Waals surface area (Å²) in [5.41, 5.74) is 4.81. The Bertz CT molecular complexity index is 1170. The number of amides is 1. The van der Waals surface area contributed by atoms with E-state index >= 15 is 0 Å². The Kier molecular flexibility index (Phi) is 6.25. The number of fused-ring (bicyclic) bond motifs is 1. The molecule has 0 spiro atoms. The van der Waals surface area contributed by atoms with E-state index in [1.807, 2.05) is 47.4 Å². The standard InChI is InChI=1S/C27H28N4O3/c32-26(20-8-6-19(7-9-20)18-4-2-1-3-5-18)31-15-14-24-23(16-31)25(29-17-28-24)30-22-12-10-21(11-13-22)27(33)34/h1-9,17,21-22H,10-16H2,(H,33,34)(H,28,29,30)/t21-,22+. The van der Waals surface area contributed by atoms with Gasteiger partial charge in [0.25, 0.3) is 5.91 Å². The summed E-state index contributed by atoms with van der Waals surface area (Å²) in [4.78, 5) is 35.3. The summed E-state index contributed by atoms with van der Waals surface area (Å²) in [6.45, 7) is 1.08. The second-order valence-electron chi connectivity index (χ2n) is 9.10. The van der Waals surface area contributed by atoms with Gasteiger partial charge in [0.2, 0.25) is 0 Å². The second kappa shape index (κ2) is 9.63. The first-order valence-electron chi connectivity index (χ1n) is 11.9. The summed E-state index contributed by atoms with van der Waals surface area (Å²) < 4.78 is 0. The highest BCUT2D eigenvalue weighted by Crippen LogP contribution is 2.30. The Morgan fingerprint density at radius 3 is 2.32 bits per heavy atom. The number of anilines is 1. The van der Waals surface area contributed by atoms with Crippen LogP contribution in [0.4, 0.5) is 5.82 Å². The van der Waals surface area contributed by atoms with Gasteiger partial charge in [-0.1, -0.05) is 42.5 Å². The van der Waals surface area contributed by atoms with Crippen LogP contribution in [0.15, 0.2) is 60.9 Å². The van der Waals surface area contributed by atoms with Crippen molar-refractivity contribution in [3.05, 3.63) is 77.7 Å². The fraction of sp³-hybridized carbons (Fsp3) is 0.333. The third-order valence-electron chi connectivity index (χ3n) is 6.95. The molecule has 174 valence electrons. The predicted molar refractivity (Wildman–Crippen MR) is 129 cm³/mol. The van der Waals surface area contributed by atoms with Crippen molar-refractivity contribution in [2.45, 2.75) is 44.7 Å². The number of carbonyl (C=O) groups is 2. The highest BCUT2D eigenvalue weighted by atomic mass is 16.4.